The molecule has 2 aromatic rings. The van der Waals surface area contributed by atoms with E-state index in [0.717, 1.165) is 15.8 Å². The third-order valence-electron chi connectivity index (χ3n) is 1.98. The van der Waals surface area contributed by atoms with E-state index in [1.54, 1.807) is 6.33 Å². The Morgan fingerprint density at radius 1 is 1.54 bits per heavy atom. The minimum absolute atomic E-state index is 0.0284. The maximum atomic E-state index is 5.78. The molecule has 3 nitrogen and oxygen atoms in total. The molecule has 1 atom stereocenters. The van der Waals surface area contributed by atoms with Gasteiger partial charge in [-0.1, -0.05) is 6.07 Å². The maximum Gasteiger partial charge on any atom is 0.100 e. The van der Waals surface area contributed by atoms with Gasteiger partial charge in [-0.15, -0.1) is 0 Å². The van der Waals surface area contributed by atoms with Gasteiger partial charge in [-0.25, -0.2) is 4.98 Å². The second-order valence-electron chi connectivity index (χ2n) is 3.02. The highest BCUT2D eigenvalue weighted by Gasteiger charge is 2.08. The lowest BCUT2D eigenvalue weighted by Gasteiger charge is -2.02. The van der Waals surface area contributed by atoms with Crippen molar-refractivity contribution in [1.29, 1.82) is 0 Å². The topological polar surface area (TPSA) is 43.3 Å². The summed E-state index contributed by atoms with van der Waals surface area (Å²) in [6.45, 7) is 1.93. The Kier molecular flexibility index (Phi) is 2.09. The number of nitrogens with zero attached hydrogens (tertiary/aromatic N) is 2. The summed E-state index contributed by atoms with van der Waals surface area (Å²) in [5.41, 5.74) is 7.77. The zero-order valence-electron chi connectivity index (χ0n) is 7.24. The van der Waals surface area contributed by atoms with Gasteiger partial charge in [0.2, 0.25) is 0 Å². The van der Waals surface area contributed by atoms with E-state index in [9.17, 15) is 0 Å². The lowest BCUT2D eigenvalue weighted by atomic mass is 10.2. The van der Waals surface area contributed by atoms with Gasteiger partial charge in [-0.2, -0.15) is 0 Å². The van der Waals surface area contributed by atoms with Crippen LogP contribution in [0.25, 0.3) is 5.52 Å². The molecule has 13 heavy (non-hydrogen) atoms. The molecule has 0 aliphatic carbocycles. The molecule has 0 aromatic carbocycles. The third-order valence-corrected chi connectivity index (χ3v) is 2.63. The fraction of sp³-hybridized carbons (Fsp3) is 0.222. The number of halogens is 1. The number of hydrogen-bond acceptors (Lipinski definition) is 2. The second-order valence-corrected chi connectivity index (χ2v) is 3.83. The Bertz CT molecular complexity index is 433. The van der Waals surface area contributed by atoms with Crippen LogP contribution in [0, 0.1) is 0 Å². The lowest BCUT2D eigenvalue weighted by Crippen LogP contribution is -2.05. The number of rotatable bonds is 1. The van der Waals surface area contributed by atoms with E-state index in [-0.39, 0.29) is 6.04 Å². The van der Waals surface area contributed by atoms with Crippen LogP contribution in [0.2, 0.25) is 0 Å². The Morgan fingerprint density at radius 2 is 2.31 bits per heavy atom. The van der Waals surface area contributed by atoms with E-state index < -0.39 is 0 Å². The van der Waals surface area contributed by atoms with Gasteiger partial charge in [0.25, 0.3) is 0 Å². The van der Waals surface area contributed by atoms with Gasteiger partial charge in [0, 0.05) is 6.04 Å². The number of fused-ring (bicyclic) bond motifs is 1. The van der Waals surface area contributed by atoms with Gasteiger partial charge in [0.15, 0.2) is 0 Å². The SMILES string of the molecule is CC(N)c1ncn2c(Br)cccc12. The molecule has 2 rings (SSSR count). The van der Waals surface area contributed by atoms with Crippen molar-refractivity contribution < 1.29 is 0 Å². The standard InChI is InChI=1S/C9H10BrN3/c1-6(11)9-7-3-2-4-8(10)13(7)5-12-9/h2-6H,11H2,1H3. The van der Waals surface area contributed by atoms with Crippen molar-refractivity contribution in [3.8, 4) is 0 Å². The molecule has 2 N–H and O–H groups in total. The molecule has 1 unspecified atom stereocenters. The van der Waals surface area contributed by atoms with Gasteiger partial charge in [0.1, 0.15) is 6.33 Å². The highest BCUT2D eigenvalue weighted by atomic mass is 79.9. The molecule has 0 aliphatic heterocycles. The van der Waals surface area contributed by atoms with Crippen LogP contribution in [0.3, 0.4) is 0 Å². The zero-order valence-corrected chi connectivity index (χ0v) is 8.82. The number of hydrogen-bond donors (Lipinski definition) is 1. The third kappa shape index (κ3) is 1.36. The van der Waals surface area contributed by atoms with Gasteiger partial charge in [-0.05, 0) is 35.0 Å². The van der Waals surface area contributed by atoms with E-state index in [0.29, 0.717) is 0 Å². The summed E-state index contributed by atoms with van der Waals surface area (Å²) >= 11 is 3.44. The minimum Gasteiger partial charge on any atom is -0.323 e. The van der Waals surface area contributed by atoms with Crippen LogP contribution in [0.15, 0.2) is 29.1 Å². The predicted octanol–water partition coefficient (Wildman–Crippen LogP) is 2.12. The summed E-state index contributed by atoms with van der Waals surface area (Å²) in [6.07, 6.45) is 1.78. The first-order chi connectivity index (χ1) is 6.20. The van der Waals surface area contributed by atoms with E-state index in [4.69, 9.17) is 5.73 Å². The summed E-state index contributed by atoms with van der Waals surface area (Å²) in [5, 5.41) is 0. The van der Waals surface area contributed by atoms with Gasteiger partial charge in [-0.3, -0.25) is 4.40 Å². The van der Waals surface area contributed by atoms with Crippen LogP contribution in [-0.4, -0.2) is 9.38 Å². The van der Waals surface area contributed by atoms with Crippen LogP contribution in [-0.2, 0) is 0 Å². The first kappa shape index (κ1) is 8.72. The zero-order chi connectivity index (χ0) is 9.42. The Balaban J connectivity index is 2.75. The highest BCUT2D eigenvalue weighted by molar-refractivity contribution is 9.10. The van der Waals surface area contributed by atoms with Crippen LogP contribution in [0.4, 0.5) is 0 Å². The summed E-state index contributed by atoms with van der Waals surface area (Å²) in [6, 6.07) is 5.93. The summed E-state index contributed by atoms with van der Waals surface area (Å²) in [4.78, 5) is 4.26. The lowest BCUT2D eigenvalue weighted by molar-refractivity contribution is 0.796. The first-order valence-corrected chi connectivity index (χ1v) is 4.86. The number of imidazole rings is 1. The predicted molar refractivity (Wildman–Crippen MR) is 55.5 cm³/mol. The molecule has 0 saturated heterocycles. The first-order valence-electron chi connectivity index (χ1n) is 4.07. The van der Waals surface area contributed by atoms with Crippen molar-refractivity contribution >= 4 is 21.4 Å². The molecule has 0 fully saturated rings. The Morgan fingerprint density at radius 3 is 3.00 bits per heavy atom. The number of nitrogens with two attached hydrogens (primary N) is 1. The normalized spacial score (nSPS) is 13.5. The van der Waals surface area contributed by atoms with Crippen molar-refractivity contribution in [2.75, 3.05) is 0 Å². The smallest absolute Gasteiger partial charge is 0.100 e. The van der Waals surface area contributed by atoms with Crippen molar-refractivity contribution in [1.82, 2.24) is 9.38 Å². The average molecular weight is 240 g/mol. The van der Waals surface area contributed by atoms with Crippen LogP contribution in [0.1, 0.15) is 18.7 Å². The molecule has 0 spiro atoms. The monoisotopic (exact) mass is 239 g/mol. The van der Waals surface area contributed by atoms with Crippen LogP contribution < -0.4 is 5.73 Å². The minimum atomic E-state index is -0.0284. The largest absolute Gasteiger partial charge is 0.323 e. The quantitative estimate of drug-likeness (QED) is 0.776. The molecular weight excluding hydrogens is 230 g/mol. The average Bonchev–Trinajstić information content (AvgIpc) is 2.48. The fourth-order valence-electron chi connectivity index (χ4n) is 1.36. The second kappa shape index (κ2) is 3.12. The van der Waals surface area contributed by atoms with Crippen molar-refractivity contribution in [3.05, 3.63) is 34.8 Å². The van der Waals surface area contributed by atoms with Gasteiger partial charge >= 0.3 is 0 Å². The van der Waals surface area contributed by atoms with Gasteiger partial charge < -0.3 is 5.73 Å². The summed E-state index contributed by atoms with van der Waals surface area (Å²) < 4.78 is 2.96. The highest BCUT2D eigenvalue weighted by Crippen LogP contribution is 2.19. The van der Waals surface area contributed by atoms with Crippen molar-refractivity contribution in [2.24, 2.45) is 5.73 Å². The van der Waals surface area contributed by atoms with E-state index in [1.165, 1.54) is 0 Å². The van der Waals surface area contributed by atoms with Crippen LogP contribution in [0.5, 0.6) is 0 Å². The molecule has 68 valence electrons. The van der Waals surface area contributed by atoms with Crippen molar-refractivity contribution in [3.63, 3.8) is 0 Å². The molecule has 0 amide bonds. The molecule has 0 aliphatic rings. The molecule has 0 saturated carbocycles. The molecule has 2 aromatic heterocycles. The molecule has 2 heterocycles. The van der Waals surface area contributed by atoms with Gasteiger partial charge in [0.05, 0.1) is 15.8 Å². The Labute approximate surface area is 84.7 Å². The van der Waals surface area contributed by atoms with Crippen LogP contribution >= 0.6 is 15.9 Å². The molecule has 0 radical (unpaired) electrons. The summed E-state index contributed by atoms with van der Waals surface area (Å²) in [7, 11) is 0. The Hall–Kier alpha value is -0.870. The number of aromatic nitrogens is 2. The maximum absolute atomic E-state index is 5.78. The molecule has 0 bridgehead atoms. The molecule has 4 heteroatoms. The van der Waals surface area contributed by atoms with E-state index in [2.05, 4.69) is 20.9 Å². The fourth-order valence-corrected chi connectivity index (χ4v) is 1.79. The van der Waals surface area contributed by atoms with E-state index in [1.807, 2.05) is 29.5 Å². The van der Waals surface area contributed by atoms with E-state index >= 15 is 0 Å². The van der Waals surface area contributed by atoms with Crippen molar-refractivity contribution in [2.45, 2.75) is 13.0 Å². The summed E-state index contributed by atoms with van der Waals surface area (Å²) in [5.74, 6) is 0. The number of pyridine rings is 1. The molecular formula is C9H10BrN3.